The SMILES string of the molecule is N=C(N)c1ccc(OCCN2CCOCC2)cc1Cl. The minimum Gasteiger partial charge on any atom is -0.492 e. The average molecular weight is 284 g/mol. The summed E-state index contributed by atoms with van der Waals surface area (Å²) in [6, 6.07) is 5.17. The van der Waals surface area contributed by atoms with Crippen LogP contribution in [0.4, 0.5) is 0 Å². The van der Waals surface area contributed by atoms with Gasteiger partial charge in [0.25, 0.3) is 0 Å². The van der Waals surface area contributed by atoms with Gasteiger partial charge in [-0.2, -0.15) is 0 Å². The normalized spacial score (nSPS) is 16.3. The van der Waals surface area contributed by atoms with Gasteiger partial charge in [0.1, 0.15) is 18.2 Å². The second-order valence-corrected chi connectivity index (χ2v) is 4.77. The summed E-state index contributed by atoms with van der Waals surface area (Å²) in [5.74, 6) is 0.660. The van der Waals surface area contributed by atoms with Gasteiger partial charge in [0.05, 0.1) is 18.2 Å². The molecule has 0 aromatic heterocycles. The maximum atomic E-state index is 7.35. The number of hydrogen-bond donors (Lipinski definition) is 2. The molecule has 0 spiro atoms. The molecule has 2 rings (SSSR count). The van der Waals surface area contributed by atoms with Gasteiger partial charge in [-0.15, -0.1) is 0 Å². The van der Waals surface area contributed by atoms with Crippen molar-refractivity contribution in [2.45, 2.75) is 0 Å². The number of nitrogen functional groups attached to an aromatic ring is 1. The Morgan fingerprint density at radius 3 is 2.79 bits per heavy atom. The molecule has 1 fully saturated rings. The lowest BCUT2D eigenvalue weighted by Gasteiger charge is -2.26. The van der Waals surface area contributed by atoms with Gasteiger partial charge in [-0.05, 0) is 18.2 Å². The Kier molecular flexibility index (Phi) is 5.01. The van der Waals surface area contributed by atoms with Gasteiger partial charge >= 0.3 is 0 Å². The Morgan fingerprint density at radius 2 is 2.16 bits per heavy atom. The molecule has 1 saturated heterocycles. The molecule has 1 aromatic rings. The number of ether oxygens (including phenoxy) is 2. The smallest absolute Gasteiger partial charge is 0.124 e. The van der Waals surface area contributed by atoms with E-state index in [0.29, 0.717) is 22.9 Å². The second-order valence-electron chi connectivity index (χ2n) is 4.36. The van der Waals surface area contributed by atoms with Crippen molar-refractivity contribution in [3.8, 4) is 5.75 Å². The fraction of sp³-hybridized carbons (Fsp3) is 0.462. The number of halogens is 1. The third kappa shape index (κ3) is 4.09. The monoisotopic (exact) mass is 283 g/mol. The van der Waals surface area contributed by atoms with E-state index in [-0.39, 0.29) is 5.84 Å². The lowest BCUT2D eigenvalue weighted by Crippen LogP contribution is -2.38. The third-order valence-corrected chi connectivity index (χ3v) is 3.32. The number of nitrogens with zero attached hydrogens (tertiary/aromatic N) is 1. The van der Waals surface area contributed by atoms with E-state index in [2.05, 4.69) is 4.90 Å². The highest BCUT2D eigenvalue weighted by atomic mass is 35.5. The number of benzene rings is 1. The molecule has 3 N–H and O–H groups in total. The minimum absolute atomic E-state index is 0.0372. The number of morpholine rings is 1. The highest BCUT2D eigenvalue weighted by molar-refractivity contribution is 6.34. The van der Waals surface area contributed by atoms with Crippen molar-refractivity contribution in [3.05, 3.63) is 28.8 Å². The van der Waals surface area contributed by atoms with Gasteiger partial charge in [0, 0.05) is 25.2 Å². The predicted octanol–water partition coefficient (Wildman–Crippen LogP) is 1.34. The summed E-state index contributed by atoms with van der Waals surface area (Å²) in [5, 5.41) is 7.79. The van der Waals surface area contributed by atoms with E-state index < -0.39 is 0 Å². The molecular weight excluding hydrogens is 266 g/mol. The number of rotatable bonds is 5. The zero-order valence-corrected chi connectivity index (χ0v) is 11.4. The van der Waals surface area contributed by atoms with Crippen LogP contribution < -0.4 is 10.5 Å². The number of hydrogen-bond acceptors (Lipinski definition) is 4. The molecule has 1 aliphatic heterocycles. The van der Waals surface area contributed by atoms with Crippen molar-refractivity contribution in [2.75, 3.05) is 39.5 Å². The molecule has 0 amide bonds. The summed E-state index contributed by atoms with van der Waals surface area (Å²) in [6.45, 7) is 4.96. The van der Waals surface area contributed by atoms with Crippen LogP contribution in [0.15, 0.2) is 18.2 Å². The quantitative estimate of drug-likeness (QED) is 0.632. The van der Waals surface area contributed by atoms with Gasteiger partial charge in [-0.1, -0.05) is 11.6 Å². The van der Waals surface area contributed by atoms with Gasteiger partial charge in [-0.25, -0.2) is 0 Å². The zero-order valence-electron chi connectivity index (χ0n) is 10.7. The van der Waals surface area contributed by atoms with Crippen molar-refractivity contribution in [2.24, 2.45) is 5.73 Å². The van der Waals surface area contributed by atoms with E-state index in [1.54, 1.807) is 18.2 Å². The maximum Gasteiger partial charge on any atom is 0.124 e. The van der Waals surface area contributed by atoms with Crippen LogP contribution in [0.1, 0.15) is 5.56 Å². The molecule has 1 aliphatic rings. The van der Waals surface area contributed by atoms with Crippen molar-refractivity contribution < 1.29 is 9.47 Å². The van der Waals surface area contributed by atoms with Crippen molar-refractivity contribution in [1.82, 2.24) is 4.90 Å². The van der Waals surface area contributed by atoms with Crippen LogP contribution in [-0.4, -0.2) is 50.2 Å². The molecule has 19 heavy (non-hydrogen) atoms. The van der Waals surface area contributed by atoms with E-state index >= 15 is 0 Å². The van der Waals surface area contributed by atoms with Crippen molar-refractivity contribution in [3.63, 3.8) is 0 Å². The molecule has 1 heterocycles. The molecule has 0 aliphatic carbocycles. The topological polar surface area (TPSA) is 71.6 Å². The van der Waals surface area contributed by atoms with E-state index in [9.17, 15) is 0 Å². The van der Waals surface area contributed by atoms with Crippen LogP contribution in [0.3, 0.4) is 0 Å². The Bertz CT molecular complexity index is 448. The first-order valence-corrected chi connectivity index (χ1v) is 6.61. The summed E-state index contributed by atoms with van der Waals surface area (Å²) in [6.07, 6.45) is 0. The van der Waals surface area contributed by atoms with E-state index in [4.69, 9.17) is 32.2 Å². The van der Waals surface area contributed by atoms with E-state index in [0.717, 1.165) is 32.8 Å². The largest absolute Gasteiger partial charge is 0.492 e. The first kappa shape index (κ1) is 14.1. The van der Waals surface area contributed by atoms with Crippen molar-refractivity contribution in [1.29, 1.82) is 5.41 Å². The fourth-order valence-electron chi connectivity index (χ4n) is 1.92. The van der Waals surface area contributed by atoms with E-state index in [1.807, 2.05) is 0 Å². The van der Waals surface area contributed by atoms with Crippen LogP contribution >= 0.6 is 11.6 Å². The Hall–Kier alpha value is -1.30. The van der Waals surface area contributed by atoms with Crippen LogP contribution in [-0.2, 0) is 4.74 Å². The molecule has 5 nitrogen and oxygen atoms in total. The Balaban J connectivity index is 1.82. The molecule has 1 aromatic carbocycles. The highest BCUT2D eigenvalue weighted by Crippen LogP contribution is 2.22. The lowest BCUT2D eigenvalue weighted by atomic mass is 10.2. The molecule has 0 bridgehead atoms. The second kappa shape index (κ2) is 6.75. The third-order valence-electron chi connectivity index (χ3n) is 3.01. The number of nitrogens with two attached hydrogens (primary N) is 1. The average Bonchev–Trinajstić information content (AvgIpc) is 2.39. The maximum absolute atomic E-state index is 7.35. The van der Waals surface area contributed by atoms with Crippen LogP contribution in [0, 0.1) is 5.41 Å². The fourth-order valence-corrected chi connectivity index (χ4v) is 2.19. The number of nitrogens with one attached hydrogen (secondary N) is 1. The molecular formula is C13H18ClN3O2. The zero-order chi connectivity index (χ0) is 13.7. The van der Waals surface area contributed by atoms with Gasteiger partial charge < -0.3 is 15.2 Å². The Labute approximate surface area is 117 Å². The summed E-state index contributed by atoms with van der Waals surface area (Å²) >= 11 is 6.02. The minimum atomic E-state index is -0.0372. The van der Waals surface area contributed by atoms with Crippen molar-refractivity contribution >= 4 is 17.4 Å². The van der Waals surface area contributed by atoms with Gasteiger partial charge in [0.15, 0.2) is 0 Å². The molecule has 0 atom stereocenters. The van der Waals surface area contributed by atoms with Crippen LogP contribution in [0.25, 0.3) is 0 Å². The van der Waals surface area contributed by atoms with Gasteiger partial charge in [0.2, 0.25) is 0 Å². The first-order valence-electron chi connectivity index (χ1n) is 6.23. The van der Waals surface area contributed by atoms with E-state index in [1.165, 1.54) is 0 Å². The number of amidine groups is 1. The molecule has 104 valence electrons. The van der Waals surface area contributed by atoms with Gasteiger partial charge in [-0.3, -0.25) is 10.3 Å². The molecule has 0 radical (unpaired) electrons. The molecule has 0 unspecified atom stereocenters. The first-order chi connectivity index (χ1) is 9.16. The lowest BCUT2D eigenvalue weighted by molar-refractivity contribution is 0.0322. The van der Waals surface area contributed by atoms with Crippen LogP contribution in [0.5, 0.6) is 5.75 Å². The molecule has 6 heteroatoms. The summed E-state index contributed by atoms with van der Waals surface area (Å²) < 4.78 is 10.9. The predicted molar refractivity (Wildman–Crippen MR) is 75.2 cm³/mol. The van der Waals surface area contributed by atoms with Crippen LogP contribution in [0.2, 0.25) is 5.02 Å². The summed E-state index contributed by atoms with van der Waals surface area (Å²) in [4.78, 5) is 2.30. The summed E-state index contributed by atoms with van der Waals surface area (Å²) in [5.41, 5.74) is 5.93. The molecule has 0 saturated carbocycles. The summed E-state index contributed by atoms with van der Waals surface area (Å²) in [7, 11) is 0. The highest BCUT2D eigenvalue weighted by Gasteiger charge is 2.10. The standard InChI is InChI=1S/C13H18ClN3O2/c14-12-9-10(1-2-11(12)13(15)16)19-8-5-17-3-6-18-7-4-17/h1-2,9H,3-8H2,(H3,15,16). The Morgan fingerprint density at radius 1 is 1.42 bits per heavy atom.